The molecule has 21 heavy (non-hydrogen) atoms. The quantitative estimate of drug-likeness (QED) is 0.631. The van der Waals surface area contributed by atoms with Crippen molar-refractivity contribution >= 4 is 35.1 Å². The summed E-state index contributed by atoms with van der Waals surface area (Å²) in [7, 11) is 0. The standard InChI is InChI=1S/C14H16Cl2N2O3/c1-2-21-14(20)9-4-3-7-18(8-9)13(19)12-10(15)5-6-11(16)17-12/h5-6,9H,2-4,7-8H2,1H3. The van der Waals surface area contributed by atoms with Crippen molar-refractivity contribution in [2.24, 2.45) is 5.92 Å². The Bertz CT molecular complexity index is 551. The fraction of sp³-hybridized carbons (Fsp3) is 0.500. The number of carbonyl (C=O) groups excluding carboxylic acids is 2. The highest BCUT2D eigenvalue weighted by Gasteiger charge is 2.31. The average molecular weight is 331 g/mol. The molecule has 114 valence electrons. The van der Waals surface area contributed by atoms with Gasteiger partial charge in [0.1, 0.15) is 10.8 Å². The lowest BCUT2D eigenvalue weighted by molar-refractivity contribution is -0.149. The van der Waals surface area contributed by atoms with E-state index in [0.29, 0.717) is 19.7 Å². The third kappa shape index (κ3) is 3.86. The number of aromatic nitrogens is 1. The summed E-state index contributed by atoms with van der Waals surface area (Å²) in [5, 5.41) is 0.462. The molecule has 1 atom stereocenters. The van der Waals surface area contributed by atoms with Gasteiger partial charge in [-0.15, -0.1) is 0 Å². The molecule has 1 aromatic rings. The van der Waals surface area contributed by atoms with Gasteiger partial charge in [-0.25, -0.2) is 4.98 Å². The molecule has 1 unspecified atom stereocenters. The molecule has 1 aliphatic rings. The minimum absolute atomic E-state index is 0.119. The molecule has 0 radical (unpaired) electrons. The molecular weight excluding hydrogens is 315 g/mol. The zero-order valence-corrected chi connectivity index (χ0v) is 13.2. The fourth-order valence-electron chi connectivity index (χ4n) is 2.33. The number of hydrogen-bond acceptors (Lipinski definition) is 4. The lowest BCUT2D eigenvalue weighted by Gasteiger charge is -2.31. The highest BCUT2D eigenvalue weighted by Crippen LogP contribution is 2.23. The van der Waals surface area contributed by atoms with E-state index in [1.165, 1.54) is 12.1 Å². The Morgan fingerprint density at radius 3 is 2.90 bits per heavy atom. The van der Waals surface area contributed by atoms with Crippen LogP contribution in [0.3, 0.4) is 0 Å². The van der Waals surface area contributed by atoms with Crippen LogP contribution in [0.5, 0.6) is 0 Å². The number of piperidine rings is 1. The third-order valence-corrected chi connectivity index (χ3v) is 3.86. The fourth-order valence-corrected chi connectivity index (χ4v) is 2.67. The van der Waals surface area contributed by atoms with Crippen LogP contribution in [-0.2, 0) is 9.53 Å². The molecule has 1 saturated heterocycles. The number of esters is 1. The van der Waals surface area contributed by atoms with E-state index < -0.39 is 0 Å². The SMILES string of the molecule is CCOC(=O)C1CCCN(C(=O)c2nc(Cl)ccc2Cl)C1. The summed E-state index contributed by atoms with van der Waals surface area (Å²) in [5.41, 5.74) is 0.119. The molecule has 7 heteroatoms. The molecule has 1 fully saturated rings. The number of hydrogen-bond donors (Lipinski definition) is 0. The number of halogens is 2. The number of rotatable bonds is 3. The molecule has 0 bridgehead atoms. The van der Waals surface area contributed by atoms with Crippen LogP contribution in [0.15, 0.2) is 12.1 Å². The minimum Gasteiger partial charge on any atom is -0.466 e. The van der Waals surface area contributed by atoms with Crippen LogP contribution in [0, 0.1) is 5.92 Å². The van der Waals surface area contributed by atoms with Gasteiger partial charge < -0.3 is 9.64 Å². The molecule has 0 aliphatic carbocycles. The number of carbonyl (C=O) groups is 2. The first-order chi connectivity index (χ1) is 10.0. The lowest BCUT2D eigenvalue weighted by Crippen LogP contribution is -2.43. The Morgan fingerprint density at radius 1 is 1.43 bits per heavy atom. The molecule has 0 N–H and O–H groups in total. The normalized spacial score (nSPS) is 18.4. The summed E-state index contributed by atoms with van der Waals surface area (Å²) in [6.07, 6.45) is 1.47. The third-order valence-electron chi connectivity index (χ3n) is 3.34. The molecule has 1 amide bonds. The average Bonchev–Trinajstić information content (AvgIpc) is 2.49. The maximum atomic E-state index is 12.5. The van der Waals surface area contributed by atoms with Gasteiger partial charge in [0.2, 0.25) is 0 Å². The van der Waals surface area contributed by atoms with E-state index in [-0.39, 0.29) is 33.7 Å². The van der Waals surface area contributed by atoms with Crippen molar-refractivity contribution in [3.05, 3.63) is 28.0 Å². The molecule has 1 aliphatic heterocycles. The smallest absolute Gasteiger partial charge is 0.310 e. The van der Waals surface area contributed by atoms with E-state index in [9.17, 15) is 9.59 Å². The summed E-state index contributed by atoms with van der Waals surface area (Å²) >= 11 is 11.8. The van der Waals surface area contributed by atoms with E-state index in [0.717, 1.165) is 12.8 Å². The summed E-state index contributed by atoms with van der Waals surface area (Å²) in [4.78, 5) is 29.8. The molecule has 0 aromatic carbocycles. The second-order valence-corrected chi connectivity index (χ2v) is 5.60. The first-order valence-electron chi connectivity index (χ1n) is 6.81. The van der Waals surface area contributed by atoms with Gasteiger partial charge >= 0.3 is 5.97 Å². The highest BCUT2D eigenvalue weighted by molar-refractivity contribution is 6.34. The Balaban J connectivity index is 2.12. The zero-order valence-electron chi connectivity index (χ0n) is 11.6. The van der Waals surface area contributed by atoms with Gasteiger partial charge in [-0.2, -0.15) is 0 Å². The van der Waals surface area contributed by atoms with E-state index in [4.69, 9.17) is 27.9 Å². The summed E-state index contributed by atoms with van der Waals surface area (Å²) in [6, 6.07) is 3.06. The number of pyridine rings is 1. The Morgan fingerprint density at radius 2 is 2.19 bits per heavy atom. The topological polar surface area (TPSA) is 59.5 Å². The molecular formula is C14H16Cl2N2O3. The second-order valence-electron chi connectivity index (χ2n) is 4.81. The predicted octanol–water partition coefficient (Wildman–Crippen LogP) is 2.80. The van der Waals surface area contributed by atoms with Crippen LogP contribution in [-0.4, -0.2) is 41.5 Å². The van der Waals surface area contributed by atoms with Crippen LogP contribution < -0.4 is 0 Å². The number of likely N-dealkylation sites (tertiary alicyclic amines) is 1. The van der Waals surface area contributed by atoms with Gasteiger partial charge in [0, 0.05) is 13.1 Å². The Labute approximate surface area is 133 Å². The van der Waals surface area contributed by atoms with Crippen LogP contribution in [0.4, 0.5) is 0 Å². The van der Waals surface area contributed by atoms with Crippen molar-refractivity contribution in [2.45, 2.75) is 19.8 Å². The first kappa shape index (κ1) is 16.0. The number of ether oxygens (including phenoxy) is 1. The van der Waals surface area contributed by atoms with Gasteiger partial charge in [0.25, 0.3) is 5.91 Å². The van der Waals surface area contributed by atoms with E-state index in [1.54, 1.807) is 11.8 Å². The van der Waals surface area contributed by atoms with Crippen molar-refractivity contribution < 1.29 is 14.3 Å². The van der Waals surface area contributed by atoms with Crippen LogP contribution in [0.1, 0.15) is 30.3 Å². The Kier molecular flexibility index (Phi) is 5.42. The van der Waals surface area contributed by atoms with Crippen molar-refractivity contribution in [3.8, 4) is 0 Å². The molecule has 1 aromatic heterocycles. The van der Waals surface area contributed by atoms with Gasteiger partial charge in [-0.05, 0) is 31.9 Å². The molecule has 0 saturated carbocycles. The van der Waals surface area contributed by atoms with E-state index in [2.05, 4.69) is 4.98 Å². The van der Waals surface area contributed by atoms with Crippen molar-refractivity contribution in [3.63, 3.8) is 0 Å². The highest BCUT2D eigenvalue weighted by atomic mass is 35.5. The lowest BCUT2D eigenvalue weighted by atomic mass is 9.98. The predicted molar refractivity (Wildman–Crippen MR) is 79.5 cm³/mol. The molecule has 2 rings (SSSR count). The van der Waals surface area contributed by atoms with Crippen LogP contribution in [0.2, 0.25) is 10.2 Å². The number of amides is 1. The van der Waals surface area contributed by atoms with Gasteiger partial charge in [-0.1, -0.05) is 23.2 Å². The maximum Gasteiger partial charge on any atom is 0.310 e. The molecule has 2 heterocycles. The van der Waals surface area contributed by atoms with Gasteiger partial charge in [0.05, 0.1) is 17.5 Å². The maximum absolute atomic E-state index is 12.5. The van der Waals surface area contributed by atoms with Gasteiger partial charge in [-0.3, -0.25) is 9.59 Å². The van der Waals surface area contributed by atoms with Crippen molar-refractivity contribution in [1.82, 2.24) is 9.88 Å². The van der Waals surface area contributed by atoms with Crippen LogP contribution in [0.25, 0.3) is 0 Å². The molecule has 0 spiro atoms. The molecule has 5 nitrogen and oxygen atoms in total. The van der Waals surface area contributed by atoms with Crippen molar-refractivity contribution in [1.29, 1.82) is 0 Å². The second kappa shape index (κ2) is 7.09. The van der Waals surface area contributed by atoms with Crippen molar-refractivity contribution in [2.75, 3.05) is 19.7 Å². The van der Waals surface area contributed by atoms with Crippen LogP contribution >= 0.6 is 23.2 Å². The van der Waals surface area contributed by atoms with E-state index in [1.807, 2.05) is 0 Å². The van der Waals surface area contributed by atoms with E-state index >= 15 is 0 Å². The monoisotopic (exact) mass is 330 g/mol. The summed E-state index contributed by atoms with van der Waals surface area (Å²) in [6.45, 7) is 2.99. The largest absolute Gasteiger partial charge is 0.466 e. The summed E-state index contributed by atoms with van der Waals surface area (Å²) in [5.74, 6) is -0.864. The summed E-state index contributed by atoms with van der Waals surface area (Å²) < 4.78 is 5.02. The zero-order chi connectivity index (χ0) is 15.4. The Hall–Kier alpha value is -1.33. The minimum atomic E-state index is -0.309. The first-order valence-corrected chi connectivity index (χ1v) is 7.56. The van der Waals surface area contributed by atoms with Gasteiger partial charge in [0.15, 0.2) is 0 Å². The number of nitrogens with zero attached hydrogens (tertiary/aromatic N) is 2.